The monoisotopic (exact) mass is 245 g/mol. The van der Waals surface area contributed by atoms with E-state index in [9.17, 15) is 0 Å². The Bertz CT molecular complexity index is 390. The molecule has 1 nitrogen and oxygen atoms in total. The Kier molecular flexibility index (Phi) is 4.11. The summed E-state index contributed by atoms with van der Waals surface area (Å²) < 4.78 is 0. The van der Waals surface area contributed by atoms with Crippen molar-refractivity contribution in [2.24, 2.45) is 11.7 Å². The summed E-state index contributed by atoms with van der Waals surface area (Å²) in [5.74, 6) is 0.890. The van der Waals surface area contributed by atoms with Gasteiger partial charge < -0.3 is 5.73 Å². The zero-order valence-electron chi connectivity index (χ0n) is 12.1. The lowest BCUT2D eigenvalue weighted by Gasteiger charge is -2.29. The molecule has 2 rings (SSSR count). The second-order valence-corrected chi connectivity index (χ2v) is 6.24. The first-order valence-electron chi connectivity index (χ1n) is 7.41. The Hall–Kier alpha value is -0.820. The van der Waals surface area contributed by atoms with Gasteiger partial charge in [-0.05, 0) is 44.6 Å². The van der Waals surface area contributed by atoms with Gasteiger partial charge in [-0.3, -0.25) is 0 Å². The Morgan fingerprint density at radius 1 is 1.11 bits per heavy atom. The minimum atomic E-state index is -0.0826. The number of nitrogens with two attached hydrogens (primary N) is 1. The summed E-state index contributed by atoms with van der Waals surface area (Å²) >= 11 is 0. The maximum absolute atomic E-state index is 6.74. The standard InChI is InChI=1S/C17H27N/c1-4-15-6-5-8-17(18,9-7-15)16-11-13(2)10-14(3)12-16/h10-12,15H,4-9,18H2,1-3H3. The van der Waals surface area contributed by atoms with Gasteiger partial charge in [0.2, 0.25) is 0 Å². The van der Waals surface area contributed by atoms with Crippen LogP contribution < -0.4 is 5.73 Å². The van der Waals surface area contributed by atoms with Crippen molar-refractivity contribution >= 4 is 0 Å². The number of benzene rings is 1. The minimum Gasteiger partial charge on any atom is -0.321 e. The second-order valence-electron chi connectivity index (χ2n) is 6.24. The average Bonchev–Trinajstić information content (AvgIpc) is 2.51. The van der Waals surface area contributed by atoms with E-state index in [1.54, 1.807) is 0 Å². The Morgan fingerprint density at radius 3 is 2.39 bits per heavy atom. The predicted molar refractivity (Wildman–Crippen MR) is 78.6 cm³/mol. The summed E-state index contributed by atoms with van der Waals surface area (Å²) in [5.41, 5.74) is 10.7. The molecule has 0 saturated heterocycles. The van der Waals surface area contributed by atoms with Crippen LogP contribution in [0.3, 0.4) is 0 Å². The van der Waals surface area contributed by atoms with Crippen LogP contribution in [-0.2, 0) is 5.54 Å². The molecule has 1 aromatic carbocycles. The lowest BCUT2D eigenvalue weighted by Crippen LogP contribution is -2.36. The highest BCUT2D eigenvalue weighted by molar-refractivity contribution is 5.33. The molecule has 18 heavy (non-hydrogen) atoms. The molecule has 0 heterocycles. The molecule has 2 unspecified atom stereocenters. The largest absolute Gasteiger partial charge is 0.321 e. The van der Waals surface area contributed by atoms with E-state index >= 15 is 0 Å². The van der Waals surface area contributed by atoms with Gasteiger partial charge in [-0.15, -0.1) is 0 Å². The van der Waals surface area contributed by atoms with Crippen molar-refractivity contribution in [2.45, 2.75) is 64.8 Å². The zero-order chi connectivity index (χ0) is 13.2. The minimum absolute atomic E-state index is 0.0826. The Morgan fingerprint density at radius 2 is 1.78 bits per heavy atom. The summed E-state index contributed by atoms with van der Waals surface area (Å²) in [7, 11) is 0. The van der Waals surface area contributed by atoms with Gasteiger partial charge in [-0.2, -0.15) is 0 Å². The molecule has 0 aliphatic heterocycles. The van der Waals surface area contributed by atoms with Crippen molar-refractivity contribution in [2.75, 3.05) is 0 Å². The Balaban J connectivity index is 2.24. The van der Waals surface area contributed by atoms with Gasteiger partial charge in [0.05, 0.1) is 0 Å². The normalized spacial score (nSPS) is 29.0. The SMILES string of the molecule is CCC1CCCC(N)(c2cc(C)cc(C)c2)CC1. The van der Waals surface area contributed by atoms with E-state index in [0.717, 1.165) is 18.8 Å². The van der Waals surface area contributed by atoms with Gasteiger partial charge in [0.25, 0.3) is 0 Å². The second kappa shape index (κ2) is 5.44. The van der Waals surface area contributed by atoms with Crippen LogP contribution in [0.25, 0.3) is 0 Å². The van der Waals surface area contributed by atoms with Crippen molar-refractivity contribution < 1.29 is 0 Å². The number of aryl methyl sites for hydroxylation is 2. The van der Waals surface area contributed by atoms with Crippen LogP contribution in [0.5, 0.6) is 0 Å². The van der Waals surface area contributed by atoms with Gasteiger partial charge in [0, 0.05) is 5.54 Å². The molecule has 1 aromatic rings. The van der Waals surface area contributed by atoms with Crippen LogP contribution in [-0.4, -0.2) is 0 Å². The highest BCUT2D eigenvalue weighted by Crippen LogP contribution is 2.37. The molecule has 1 aliphatic carbocycles. The maximum atomic E-state index is 6.74. The summed E-state index contributed by atoms with van der Waals surface area (Å²) in [6.45, 7) is 6.65. The topological polar surface area (TPSA) is 26.0 Å². The van der Waals surface area contributed by atoms with Crippen molar-refractivity contribution in [3.05, 3.63) is 34.9 Å². The van der Waals surface area contributed by atoms with Crippen molar-refractivity contribution in [3.63, 3.8) is 0 Å². The molecular weight excluding hydrogens is 218 g/mol. The van der Waals surface area contributed by atoms with E-state index in [0.29, 0.717) is 0 Å². The molecule has 1 heteroatoms. The molecule has 2 N–H and O–H groups in total. The van der Waals surface area contributed by atoms with Crippen molar-refractivity contribution in [1.29, 1.82) is 0 Å². The van der Waals surface area contributed by atoms with E-state index in [-0.39, 0.29) is 5.54 Å². The Labute approximate surface area is 112 Å². The molecule has 1 aliphatic rings. The fourth-order valence-corrected chi connectivity index (χ4v) is 3.40. The highest BCUT2D eigenvalue weighted by atomic mass is 14.7. The predicted octanol–water partition coefficient (Wildman–Crippen LogP) is 4.45. The van der Waals surface area contributed by atoms with Crippen LogP contribution in [0.2, 0.25) is 0 Å². The highest BCUT2D eigenvalue weighted by Gasteiger charge is 2.30. The fraction of sp³-hybridized carbons (Fsp3) is 0.647. The molecule has 1 fully saturated rings. The summed E-state index contributed by atoms with van der Waals surface area (Å²) in [6, 6.07) is 6.82. The van der Waals surface area contributed by atoms with Gasteiger partial charge in [0.1, 0.15) is 0 Å². The number of rotatable bonds is 2. The molecule has 0 amide bonds. The maximum Gasteiger partial charge on any atom is 0.0409 e. The van der Waals surface area contributed by atoms with Crippen LogP contribution >= 0.6 is 0 Å². The third-order valence-corrected chi connectivity index (χ3v) is 4.61. The van der Waals surface area contributed by atoms with E-state index in [2.05, 4.69) is 39.0 Å². The van der Waals surface area contributed by atoms with Crippen molar-refractivity contribution in [3.8, 4) is 0 Å². The van der Waals surface area contributed by atoms with Gasteiger partial charge in [-0.1, -0.05) is 55.5 Å². The number of hydrogen-bond donors (Lipinski definition) is 1. The third kappa shape index (κ3) is 2.95. The van der Waals surface area contributed by atoms with Crippen molar-refractivity contribution in [1.82, 2.24) is 0 Å². The average molecular weight is 245 g/mol. The van der Waals surface area contributed by atoms with Gasteiger partial charge in [0.15, 0.2) is 0 Å². The van der Waals surface area contributed by atoms with Crippen LogP contribution in [0.1, 0.15) is 62.1 Å². The summed E-state index contributed by atoms with van der Waals surface area (Å²) in [6.07, 6.45) is 7.53. The van der Waals surface area contributed by atoms with Gasteiger partial charge in [-0.25, -0.2) is 0 Å². The van der Waals surface area contributed by atoms with Crippen LogP contribution in [0.4, 0.5) is 0 Å². The molecule has 0 spiro atoms. The van der Waals surface area contributed by atoms with E-state index < -0.39 is 0 Å². The molecule has 0 aromatic heterocycles. The molecule has 0 bridgehead atoms. The fourth-order valence-electron chi connectivity index (χ4n) is 3.40. The van der Waals surface area contributed by atoms with E-state index in [4.69, 9.17) is 5.73 Å². The van der Waals surface area contributed by atoms with Gasteiger partial charge >= 0.3 is 0 Å². The molecule has 0 radical (unpaired) electrons. The quantitative estimate of drug-likeness (QED) is 0.765. The molecule has 1 saturated carbocycles. The smallest absolute Gasteiger partial charge is 0.0409 e. The first-order valence-corrected chi connectivity index (χ1v) is 7.41. The molecular formula is C17H27N. The number of hydrogen-bond acceptors (Lipinski definition) is 1. The first-order chi connectivity index (χ1) is 8.53. The first kappa shape index (κ1) is 13.6. The lowest BCUT2D eigenvalue weighted by atomic mass is 9.82. The van der Waals surface area contributed by atoms with Crippen LogP contribution in [0, 0.1) is 19.8 Å². The molecule has 100 valence electrons. The van der Waals surface area contributed by atoms with E-state index in [1.807, 2.05) is 0 Å². The molecule has 2 atom stereocenters. The third-order valence-electron chi connectivity index (χ3n) is 4.61. The van der Waals surface area contributed by atoms with Crippen LogP contribution in [0.15, 0.2) is 18.2 Å². The lowest BCUT2D eigenvalue weighted by molar-refractivity contribution is 0.371. The van der Waals surface area contributed by atoms with E-state index in [1.165, 1.54) is 42.4 Å². The summed E-state index contributed by atoms with van der Waals surface area (Å²) in [4.78, 5) is 0. The summed E-state index contributed by atoms with van der Waals surface area (Å²) in [5, 5.41) is 0. The zero-order valence-corrected chi connectivity index (χ0v) is 12.1.